The monoisotopic (exact) mass is 321 g/mol. The highest BCUT2D eigenvalue weighted by Gasteiger charge is 2.21. The second kappa shape index (κ2) is 6.44. The van der Waals surface area contributed by atoms with Gasteiger partial charge in [-0.2, -0.15) is 0 Å². The average molecular weight is 322 g/mol. The molecule has 1 fully saturated rings. The van der Waals surface area contributed by atoms with Gasteiger partial charge in [-0.1, -0.05) is 48.9 Å². The number of benzene rings is 1. The van der Waals surface area contributed by atoms with Crippen molar-refractivity contribution < 1.29 is 8.42 Å². The van der Waals surface area contributed by atoms with Crippen molar-refractivity contribution in [3.63, 3.8) is 0 Å². The molecule has 1 N–H and O–H groups in total. The van der Waals surface area contributed by atoms with E-state index < -0.39 is 10.0 Å². The predicted molar refractivity (Wildman–Crippen MR) is 78.3 cm³/mol. The lowest BCUT2D eigenvalue weighted by Gasteiger charge is -2.16. The summed E-state index contributed by atoms with van der Waals surface area (Å²) < 4.78 is 27.3. The summed E-state index contributed by atoms with van der Waals surface area (Å²) in [6.07, 6.45) is 6.30. The first-order chi connectivity index (χ1) is 8.97. The Morgan fingerprint density at radius 1 is 0.947 bits per heavy atom. The normalized spacial score (nSPS) is 18.2. The van der Waals surface area contributed by atoms with Gasteiger partial charge in [0.05, 0.1) is 4.90 Å². The highest BCUT2D eigenvalue weighted by Crippen LogP contribution is 2.24. The zero-order chi connectivity index (χ0) is 13.9. The zero-order valence-corrected chi connectivity index (χ0v) is 12.9. The third-order valence-electron chi connectivity index (χ3n) is 3.32. The summed E-state index contributed by atoms with van der Waals surface area (Å²) in [5, 5.41) is 0.655. The van der Waals surface area contributed by atoms with Crippen molar-refractivity contribution in [2.75, 3.05) is 0 Å². The van der Waals surface area contributed by atoms with Crippen LogP contribution < -0.4 is 4.72 Å². The van der Waals surface area contributed by atoms with Gasteiger partial charge in [-0.3, -0.25) is 0 Å². The van der Waals surface area contributed by atoms with Gasteiger partial charge in [0, 0.05) is 16.1 Å². The maximum Gasteiger partial charge on any atom is 0.240 e. The third kappa shape index (κ3) is 4.35. The van der Waals surface area contributed by atoms with Gasteiger partial charge in [0.25, 0.3) is 0 Å². The Kier molecular flexibility index (Phi) is 5.12. The molecule has 0 heterocycles. The molecule has 2 rings (SSSR count). The van der Waals surface area contributed by atoms with Gasteiger partial charge in [0.1, 0.15) is 0 Å². The summed E-state index contributed by atoms with van der Waals surface area (Å²) in [7, 11) is -3.54. The second-order valence-corrected chi connectivity index (χ2v) is 7.50. The van der Waals surface area contributed by atoms with Crippen molar-refractivity contribution in [3.8, 4) is 0 Å². The van der Waals surface area contributed by atoms with E-state index in [2.05, 4.69) is 4.72 Å². The predicted octanol–water partition coefficient (Wildman–Crippen LogP) is 3.99. The average Bonchev–Trinajstić information content (AvgIpc) is 2.55. The highest BCUT2D eigenvalue weighted by atomic mass is 35.5. The van der Waals surface area contributed by atoms with Gasteiger partial charge < -0.3 is 0 Å². The van der Waals surface area contributed by atoms with Crippen LogP contribution in [-0.4, -0.2) is 14.5 Å². The van der Waals surface area contributed by atoms with Crippen molar-refractivity contribution in [3.05, 3.63) is 28.2 Å². The quantitative estimate of drug-likeness (QED) is 0.855. The summed E-state index contributed by atoms with van der Waals surface area (Å²) >= 11 is 11.7. The van der Waals surface area contributed by atoms with Crippen LogP contribution in [0, 0.1) is 0 Å². The van der Waals surface area contributed by atoms with E-state index >= 15 is 0 Å². The first-order valence-corrected chi connectivity index (χ1v) is 8.70. The van der Waals surface area contributed by atoms with E-state index in [4.69, 9.17) is 23.2 Å². The van der Waals surface area contributed by atoms with Crippen molar-refractivity contribution >= 4 is 33.2 Å². The Morgan fingerprint density at radius 3 is 2.00 bits per heavy atom. The van der Waals surface area contributed by atoms with Crippen LogP contribution in [0.2, 0.25) is 10.0 Å². The van der Waals surface area contributed by atoms with E-state index in [9.17, 15) is 8.42 Å². The summed E-state index contributed by atoms with van der Waals surface area (Å²) in [5.41, 5.74) is 0. The molecule has 0 aromatic heterocycles. The first-order valence-electron chi connectivity index (χ1n) is 6.46. The molecule has 0 spiro atoms. The largest absolute Gasteiger partial charge is 0.240 e. The Balaban J connectivity index is 2.17. The zero-order valence-electron chi connectivity index (χ0n) is 10.5. The van der Waals surface area contributed by atoms with Crippen LogP contribution in [0.25, 0.3) is 0 Å². The lowest BCUT2D eigenvalue weighted by Crippen LogP contribution is -2.34. The number of halogens is 2. The third-order valence-corrected chi connectivity index (χ3v) is 5.26. The van der Waals surface area contributed by atoms with Crippen molar-refractivity contribution in [2.45, 2.75) is 49.5 Å². The minimum absolute atomic E-state index is 0.0188. The smallest absolute Gasteiger partial charge is 0.208 e. The Bertz CT molecular complexity index is 517. The van der Waals surface area contributed by atoms with Gasteiger partial charge in [-0.15, -0.1) is 0 Å². The number of sulfonamides is 1. The SMILES string of the molecule is O=S(=O)(NC1CCCCCC1)c1cc(Cl)cc(Cl)c1. The second-order valence-electron chi connectivity index (χ2n) is 4.91. The van der Waals surface area contributed by atoms with E-state index in [0.717, 1.165) is 25.7 Å². The standard InChI is InChI=1S/C13H17Cl2NO2S/c14-10-7-11(15)9-13(8-10)19(17,18)16-12-5-3-1-2-4-6-12/h7-9,12,16H,1-6H2. The van der Waals surface area contributed by atoms with Gasteiger partial charge in [-0.25, -0.2) is 13.1 Å². The van der Waals surface area contributed by atoms with Crippen LogP contribution in [-0.2, 0) is 10.0 Å². The molecule has 0 aliphatic heterocycles. The fraction of sp³-hybridized carbons (Fsp3) is 0.538. The van der Waals surface area contributed by atoms with E-state index in [1.54, 1.807) is 0 Å². The van der Waals surface area contributed by atoms with Crippen LogP contribution in [0.3, 0.4) is 0 Å². The van der Waals surface area contributed by atoms with Crippen LogP contribution in [0.4, 0.5) is 0 Å². The fourth-order valence-electron chi connectivity index (χ4n) is 2.37. The maximum absolute atomic E-state index is 12.3. The van der Waals surface area contributed by atoms with E-state index in [1.165, 1.54) is 31.0 Å². The fourth-order valence-corrected chi connectivity index (χ4v) is 4.40. The molecule has 3 nitrogen and oxygen atoms in total. The molecule has 0 saturated heterocycles. The van der Waals surface area contributed by atoms with Crippen LogP contribution >= 0.6 is 23.2 Å². The van der Waals surface area contributed by atoms with E-state index in [0.29, 0.717) is 10.0 Å². The Hall–Kier alpha value is -0.290. The Labute approximate surface area is 124 Å². The van der Waals surface area contributed by atoms with Gasteiger partial charge in [0.2, 0.25) is 10.0 Å². The summed E-state index contributed by atoms with van der Waals surface area (Å²) in [4.78, 5) is 0.134. The molecule has 1 aliphatic carbocycles. The number of nitrogens with one attached hydrogen (secondary N) is 1. The first kappa shape index (κ1) is 15.1. The maximum atomic E-state index is 12.3. The molecule has 0 radical (unpaired) electrons. The van der Waals surface area contributed by atoms with Gasteiger partial charge in [-0.05, 0) is 31.0 Å². The molecule has 1 aliphatic rings. The molecular formula is C13H17Cl2NO2S. The number of hydrogen-bond acceptors (Lipinski definition) is 2. The molecule has 6 heteroatoms. The summed E-state index contributed by atoms with van der Waals surface area (Å²) in [6, 6.07) is 4.39. The van der Waals surface area contributed by atoms with Crippen LogP contribution in [0.5, 0.6) is 0 Å². The minimum atomic E-state index is -3.54. The number of hydrogen-bond donors (Lipinski definition) is 1. The molecule has 0 amide bonds. The lowest BCUT2D eigenvalue weighted by atomic mass is 10.1. The molecule has 1 saturated carbocycles. The van der Waals surface area contributed by atoms with Crippen molar-refractivity contribution in [1.82, 2.24) is 4.72 Å². The van der Waals surface area contributed by atoms with Crippen LogP contribution in [0.15, 0.2) is 23.1 Å². The molecule has 19 heavy (non-hydrogen) atoms. The minimum Gasteiger partial charge on any atom is -0.208 e. The van der Waals surface area contributed by atoms with Gasteiger partial charge in [0.15, 0.2) is 0 Å². The van der Waals surface area contributed by atoms with Crippen LogP contribution in [0.1, 0.15) is 38.5 Å². The molecular weight excluding hydrogens is 305 g/mol. The molecule has 0 unspecified atom stereocenters. The topological polar surface area (TPSA) is 46.2 Å². The molecule has 0 bridgehead atoms. The molecule has 1 aromatic rings. The molecule has 106 valence electrons. The Morgan fingerprint density at radius 2 is 1.47 bits per heavy atom. The molecule has 0 atom stereocenters. The van der Waals surface area contributed by atoms with Gasteiger partial charge >= 0.3 is 0 Å². The summed E-state index contributed by atoms with van der Waals surface area (Å²) in [6.45, 7) is 0. The lowest BCUT2D eigenvalue weighted by molar-refractivity contribution is 0.510. The van der Waals surface area contributed by atoms with Crippen molar-refractivity contribution in [2.24, 2.45) is 0 Å². The molecule has 1 aromatic carbocycles. The van der Waals surface area contributed by atoms with Crippen molar-refractivity contribution in [1.29, 1.82) is 0 Å². The van der Waals surface area contributed by atoms with E-state index in [1.807, 2.05) is 0 Å². The highest BCUT2D eigenvalue weighted by molar-refractivity contribution is 7.89. The summed E-state index contributed by atoms with van der Waals surface area (Å²) in [5.74, 6) is 0. The van der Waals surface area contributed by atoms with E-state index in [-0.39, 0.29) is 10.9 Å². The number of rotatable bonds is 3.